The highest BCUT2D eigenvalue weighted by molar-refractivity contribution is 5.18. The van der Waals surface area contributed by atoms with Crippen LogP contribution in [-0.2, 0) is 6.54 Å². The predicted molar refractivity (Wildman–Crippen MR) is 54.9 cm³/mol. The summed E-state index contributed by atoms with van der Waals surface area (Å²) in [6.07, 6.45) is 0. The van der Waals surface area contributed by atoms with E-state index < -0.39 is 11.6 Å². The van der Waals surface area contributed by atoms with Gasteiger partial charge < -0.3 is 15.1 Å². The second-order valence-electron chi connectivity index (χ2n) is 3.57. The van der Waals surface area contributed by atoms with Gasteiger partial charge in [0.1, 0.15) is 31.3 Å². The van der Waals surface area contributed by atoms with Gasteiger partial charge in [0.15, 0.2) is 0 Å². The summed E-state index contributed by atoms with van der Waals surface area (Å²) < 4.78 is 26.6. The van der Waals surface area contributed by atoms with Gasteiger partial charge in [-0.25, -0.2) is 8.78 Å². The molecule has 0 amide bonds. The molecular formula is C11H16F2NO2+. The Morgan fingerprint density at radius 2 is 1.50 bits per heavy atom. The molecule has 0 spiro atoms. The summed E-state index contributed by atoms with van der Waals surface area (Å²) in [5.74, 6) is -1.18. The topological polar surface area (TPSA) is 44.9 Å². The van der Waals surface area contributed by atoms with Crippen LogP contribution in [0.2, 0.25) is 0 Å². The standard InChI is InChI=1S/C11H15F2NO2/c12-10-2-1-3-11(13)9(10)8-14(4-6-15)5-7-16/h1-3,15-16H,4-8H2/p+1. The molecule has 0 atom stereocenters. The molecule has 0 aliphatic heterocycles. The number of rotatable bonds is 6. The Morgan fingerprint density at radius 1 is 1.00 bits per heavy atom. The van der Waals surface area contributed by atoms with Gasteiger partial charge in [0.2, 0.25) is 0 Å². The smallest absolute Gasteiger partial charge is 0.135 e. The third-order valence-electron chi connectivity index (χ3n) is 2.42. The van der Waals surface area contributed by atoms with Gasteiger partial charge in [-0.15, -0.1) is 0 Å². The summed E-state index contributed by atoms with van der Waals surface area (Å²) in [6.45, 7) is 0.680. The van der Waals surface area contributed by atoms with E-state index in [4.69, 9.17) is 10.2 Å². The van der Waals surface area contributed by atoms with E-state index in [0.717, 1.165) is 4.90 Å². The molecule has 16 heavy (non-hydrogen) atoms. The van der Waals surface area contributed by atoms with Gasteiger partial charge in [-0.2, -0.15) is 0 Å². The SMILES string of the molecule is OCC[NH+](CCO)Cc1c(F)cccc1F. The summed E-state index contributed by atoms with van der Waals surface area (Å²) in [6, 6.07) is 3.72. The number of nitrogens with one attached hydrogen (secondary N) is 1. The average molecular weight is 232 g/mol. The normalized spacial score (nSPS) is 11.1. The molecule has 0 aromatic heterocycles. The molecule has 0 fully saturated rings. The number of benzene rings is 1. The molecule has 0 saturated carbocycles. The number of hydrogen-bond acceptors (Lipinski definition) is 2. The molecule has 90 valence electrons. The Labute approximate surface area is 92.9 Å². The Morgan fingerprint density at radius 3 is 1.94 bits per heavy atom. The van der Waals surface area contributed by atoms with E-state index >= 15 is 0 Å². The van der Waals surface area contributed by atoms with Crippen molar-refractivity contribution >= 4 is 0 Å². The van der Waals surface area contributed by atoms with Crippen molar-refractivity contribution in [3.05, 3.63) is 35.4 Å². The maximum atomic E-state index is 13.3. The van der Waals surface area contributed by atoms with E-state index in [1.807, 2.05) is 0 Å². The Bertz CT molecular complexity index is 308. The molecule has 1 rings (SSSR count). The molecule has 1 aromatic rings. The van der Waals surface area contributed by atoms with Gasteiger partial charge in [0.25, 0.3) is 0 Å². The number of hydrogen-bond donors (Lipinski definition) is 3. The number of halogens is 2. The van der Waals surface area contributed by atoms with Crippen LogP contribution in [0.15, 0.2) is 18.2 Å². The first kappa shape index (κ1) is 13.0. The van der Waals surface area contributed by atoms with E-state index in [9.17, 15) is 8.78 Å². The molecule has 0 bridgehead atoms. The van der Waals surface area contributed by atoms with Gasteiger partial charge in [-0.3, -0.25) is 0 Å². The van der Waals surface area contributed by atoms with Crippen molar-refractivity contribution in [2.75, 3.05) is 26.3 Å². The fourth-order valence-corrected chi connectivity index (χ4v) is 1.57. The van der Waals surface area contributed by atoms with Gasteiger partial charge in [-0.05, 0) is 12.1 Å². The van der Waals surface area contributed by atoms with Crippen LogP contribution in [0.25, 0.3) is 0 Å². The van der Waals surface area contributed by atoms with Crippen LogP contribution < -0.4 is 4.90 Å². The Balaban J connectivity index is 2.76. The van der Waals surface area contributed by atoms with Crippen molar-refractivity contribution in [1.82, 2.24) is 0 Å². The summed E-state index contributed by atoms with van der Waals surface area (Å²) in [5, 5.41) is 17.6. The fraction of sp³-hybridized carbons (Fsp3) is 0.455. The van der Waals surface area contributed by atoms with Gasteiger partial charge >= 0.3 is 0 Å². The quantitative estimate of drug-likeness (QED) is 0.609. The third-order valence-corrected chi connectivity index (χ3v) is 2.42. The Hall–Kier alpha value is -1.04. The lowest BCUT2D eigenvalue weighted by atomic mass is 10.2. The summed E-state index contributed by atoms with van der Waals surface area (Å²) >= 11 is 0. The second-order valence-corrected chi connectivity index (χ2v) is 3.57. The van der Waals surface area contributed by atoms with Crippen molar-refractivity contribution in [2.45, 2.75) is 6.54 Å². The first-order valence-electron chi connectivity index (χ1n) is 5.17. The zero-order valence-electron chi connectivity index (χ0n) is 8.92. The highest BCUT2D eigenvalue weighted by Gasteiger charge is 2.15. The minimum atomic E-state index is -0.589. The van der Waals surface area contributed by atoms with Crippen molar-refractivity contribution in [3.63, 3.8) is 0 Å². The van der Waals surface area contributed by atoms with Crippen LogP contribution in [0.3, 0.4) is 0 Å². The molecule has 5 heteroatoms. The second kappa shape index (κ2) is 6.52. The fourth-order valence-electron chi connectivity index (χ4n) is 1.57. The first-order chi connectivity index (χ1) is 7.69. The van der Waals surface area contributed by atoms with Gasteiger partial charge in [0.05, 0.1) is 18.8 Å². The minimum absolute atomic E-state index is 0.000556. The molecule has 0 aliphatic carbocycles. The third kappa shape index (κ3) is 3.52. The summed E-state index contributed by atoms with van der Waals surface area (Å²) in [5.41, 5.74) is -0.000556. The number of aliphatic hydroxyl groups excluding tert-OH is 2. The Kier molecular flexibility index (Phi) is 5.31. The lowest BCUT2D eigenvalue weighted by Gasteiger charge is -2.17. The molecule has 0 radical (unpaired) electrons. The zero-order valence-corrected chi connectivity index (χ0v) is 8.92. The molecule has 1 aromatic carbocycles. The maximum Gasteiger partial charge on any atom is 0.135 e. The lowest BCUT2D eigenvalue weighted by molar-refractivity contribution is -0.914. The number of aliphatic hydroxyl groups is 2. The van der Waals surface area contributed by atoms with Crippen LogP contribution in [-0.4, -0.2) is 36.5 Å². The van der Waals surface area contributed by atoms with E-state index in [2.05, 4.69) is 0 Å². The molecule has 0 unspecified atom stereocenters. The minimum Gasteiger partial charge on any atom is -0.391 e. The lowest BCUT2D eigenvalue weighted by Crippen LogP contribution is -3.11. The van der Waals surface area contributed by atoms with E-state index in [1.165, 1.54) is 18.2 Å². The maximum absolute atomic E-state index is 13.3. The summed E-state index contributed by atoms with van der Waals surface area (Å²) in [4.78, 5) is 0.744. The number of quaternary nitrogens is 1. The first-order valence-corrected chi connectivity index (χ1v) is 5.17. The molecule has 0 aliphatic rings. The predicted octanol–water partition coefficient (Wildman–Crippen LogP) is -0.666. The highest BCUT2D eigenvalue weighted by Crippen LogP contribution is 2.10. The van der Waals surface area contributed by atoms with E-state index in [-0.39, 0.29) is 25.3 Å². The van der Waals surface area contributed by atoms with Gasteiger partial charge in [0, 0.05) is 0 Å². The molecule has 3 nitrogen and oxygen atoms in total. The van der Waals surface area contributed by atoms with Crippen molar-refractivity contribution in [2.24, 2.45) is 0 Å². The van der Waals surface area contributed by atoms with Crippen LogP contribution in [0, 0.1) is 11.6 Å². The molecular weight excluding hydrogens is 216 g/mol. The molecule has 3 N–H and O–H groups in total. The monoisotopic (exact) mass is 232 g/mol. The van der Waals surface area contributed by atoms with E-state index in [1.54, 1.807) is 0 Å². The van der Waals surface area contributed by atoms with Crippen molar-refractivity contribution in [3.8, 4) is 0 Å². The highest BCUT2D eigenvalue weighted by atomic mass is 19.1. The molecule has 0 heterocycles. The summed E-state index contributed by atoms with van der Waals surface area (Å²) in [7, 11) is 0. The van der Waals surface area contributed by atoms with Crippen LogP contribution in [0.1, 0.15) is 5.56 Å². The van der Waals surface area contributed by atoms with Crippen LogP contribution in [0.4, 0.5) is 8.78 Å². The van der Waals surface area contributed by atoms with Gasteiger partial charge in [-0.1, -0.05) is 6.07 Å². The van der Waals surface area contributed by atoms with E-state index in [0.29, 0.717) is 13.1 Å². The van der Waals surface area contributed by atoms with Crippen LogP contribution in [0.5, 0.6) is 0 Å². The zero-order chi connectivity index (χ0) is 12.0. The van der Waals surface area contributed by atoms with Crippen molar-refractivity contribution in [1.29, 1.82) is 0 Å². The molecule has 0 saturated heterocycles. The average Bonchev–Trinajstić information content (AvgIpc) is 2.24. The van der Waals surface area contributed by atoms with Crippen molar-refractivity contribution < 1.29 is 23.9 Å². The van der Waals surface area contributed by atoms with Crippen LogP contribution >= 0.6 is 0 Å². The largest absolute Gasteiger partial charge is 0.391 e.